The fraction of sp³-hybridized carbons (Fsp3) is 0.929. The molecule has 2 aliphatic carbocycles. The van der Waals surface area contributed by atoms with Crippen LogP contribution in [0.2, 0.25) is 0 Å². The van der Waals surface area contributed by atoms with Crippen molar-refractivity contribution in [3.05, 3.63) is 0 Å². The van der Waals surface area contributed by atoms with E-state index in [4.69, 9.17) is 9.84 Å². The summed E-state index contributed by atoms with van der Waals surface area (Å²) in [6.07, 6.45) is 3.75. The first-order chi connectivity index (χ1) is 8.15. The highest BCUT2D eigenvalue weighted by atomic mass is 16.5. The van der Waals surface area contributed by atoms with E-state index in [1.807, 2.05) is 0 Å². The number of rotatable bonds is 5. The topological polar surface area (TPSA) is 46.5 Å². The van der Waals surface area contributed by atoms with Gasteiger partial charge in [-0.1, -0.05) is 13.8 Å². The van der Waals surface area contributed by atoms with Gasteiger partial charge in [-0.15, -0.1) is 0 Å². The maximum atomic E-state index is 12.0. The minimum absolute atomic E-state index is 0.00851. The first-order valence-electron chi connectivity index (χ1n) is 6.92. The molecule has 3 nitrogen and oxygen atoms in total. The van der Waals surface area contributed by atoms with Gasteiger partial charge < -0.3 is 9.84 Å². The molecule has 0 aromatic rings. The van der Waals surface area contributed by atoms with E-state index in [1.54, 1.807) is 0 Å². The van der Waals surface area contributed by atoms with Crippen molar-refractivity contribution < 1.29 is 14.6 Å². The molecule has 0 aliphatic heterocycles. The monoisotopic (exact) mass is 240 g/mol. The molecule has 98 valence electrons. The van der Waals surface area contributed by atoms with Gasteiger partial charge in [0.1, 0.15) is 0 Å². The van der Waals surface area contributed by atoms with Crippen LogP contribution >= 0.6 is 0 Å². The van der Waals surface area contributed by atoms with Crippen LogP contribution < -0.4 is 0 Å². The molecule has 0 saturated heterocycles. The average Bonchev–Trinajstić information content (AvgIpc) is 2.86. The Morgan fingerprint density at radius 3 is 2.59 bits per heavy atom. The summed E-state index contributed by atoms with van der Waals surface area (Å²) in [5.74, 6) is 2.90. The van der Waals surface area contributed by atoms with Gasteiger partial charge in [-0.25, -0.2) is 0 Å². The van der Waals surface area contributed by atoms with Crippen LogP contribution in [-0.4, -0.2) is 24.3 Å². The largest absolute Gasteiger partial charge is 0.465 e. The van der Waals surface area contributed by atoms with Gasteiger partial charge in [0.05, 0.1) is 12.5 Å². The van der Waals surface area contributed by atoms with Crippen LogP contribution in [-0.2, 0) is 9.53 Å². The Morgan fingerprint density at radius 1 is 1.24 bits per heavy atom. The Labute approximate surface area is 104 Å². The molecule has 17 heavy (non-hydrogen) atoms. The smallest absolute Gasteiger partial charge is 0.309 e. The average molecular weight is 240 g/mol. The van der Waals surface area contributed by atoms with E-state index in [-0.39, 0.29) is 18.5 Å². The Bertz CT molecular complexity index is 275. The molecule has 5 unspecified atom stereocenters. The van der Waals surface area contributed by atoms with Crippen LogP contribution in [0.4, 0.5) is 0 Å². The molecule has 2 saturated carbocycles. The number of aliphatic hydroxyl groups excluding tert-OH is 1. The third-order valence-corrected chi connectivity index (χ3v) is 5.00. The van der Waals surface area contributed by atoms with Crippen LogP contribution in [0.25, 0.3) is 0 Å². The summed E-state index contributed by atoms with van der Waals surface area (Å²) in [6, 6.07) is 0. The van der Waals surface area contributed by atoms with E-state index < -0.39 is 0 Å². The first kappa shape index (κ1) is 12.9. The van der Waals surface area contributed by atoms with Gasteiger partial charge in [-0.3, -0.25) is 4.79 Å². The fourth-order valence-corrected chi connectivity index (χ4v) is 3.71. The maximum absolute atomic E-state index is 12.0. The summed E-state index contributed by atoms with van der Waals surface area (Å²) < 4.78 is 5.31. The summed E-state index contributed by atoms with van der Waals surface area (Å²) in [5.41, 5.74) is 0. The standard InChI is InChI=1S/C14H24O3/c1-9-10(2)12-7-11(9)8-13(12)14(16)17-6-4-3-5-15/h9-13,15H,3-8H2,1-2H3. The number of unbranched alkanes of at least 4 members (excludes halogenated alkanes) is 1. The van der Waals surface area contributed by atoms with Crippen molar-refractivity contribution >= 4 is 5.97 Å². The Morgan fingerprint density at radius 2 is 2.00 bits per heavy atom. The molecule has 0 aromatic heterocycles. The van der Waals surface area contributed by atoms with E-state index >= 15 is 0 Å². The minimum Gasteiger partial charge on any atom is -0.465 e. The molecule has 2 rings (SSSR count). The zero-order valence-corrected chi connectivity index (χ0v) is 10.9. The number of hydrogen-bond acceptors (Lipinski definition) is 3. The molecule has 3 heteroatoms. The number of ether oxygens (including phenoxy) is 1. The quantitative estimate of drug-likeness (QED) is 0.592. The highest BCUT2D eigenvalue weighted by Crippen LogP contribution is 2.55. The summed E-state index contributed by atoms with van der Waals surface area (Å²) in [7, 11) is 0. The van der Waals surface area contributed by atoms with Gasteiger partial charge in [-0.2, -0.15) is 0 Å². The lowest BCUT2D eigenvalue weighted by atomic mass is 9.76. The van der Waals surface area contributed by atoms with Crippen molar-refractivity contribution in [2.24, 2.45) is 29.6 Å². The normalized spacial score (nSPS) is 39.6. The van der Waals surface area contributed by atoms with Crippen molar-refractivity contribution in [2.45, 2.75) is 39.5 Å². The molecule has 0 radical (unpaired) electrons. The molecule has 0 amide bonds. The lowest BCUT2D eigenvalue weighted by Crippen LogP contribution is -2.31. The maximum Gasteiger partial charge on any atom is 0.309 e. The van der Waals surface area contributed by atoms with Crippen molar-refractivity contribution in [1.29, 1.82) is 0 Å². The minimum atomic E-state index is 0.00851. The second kappa shape index (κ2) is 5.38. The lowest BCUT2D eigenvalue weighted by Gasteiger charge is -2.30. The van der Waals surface area contributed by atoms with Crippen molar-refractivity contribution in [1.82, 2.24) is 0 Å². The van der Waals surface area contributed by atoms with E-state index in [1.165, 1.54) is 6.42 Å². The SMILES string of the molecule is CC1C2CC(C(=O)OCCCCO)C(C2)C1C. The number of carbonyl (C=O) groups excluding carboxylic acids is 1. The molecule has 0 spiro atoms. The zero-order chi connectivity index (χ0) is 12.4. The van der Waals surface area contributed by atoms with Crippen molar-refractivity contribution in [3.63, 3.8) is 0 Å². The van der Waals surface area contributed by atoms with E-state index in [9.17, 15) is 4.79 Å². The van der Waals surface area contributed by atoms with Gasteiger partial charge in [0.25, 0.3) is 0 Å². The second-order valence-corrected chi connectivity index (χ2v) is 5.82. The van der Waals surface area contributed by atoms with Crippen LogP contribution in [0.1, 0.15) is 39.5 Å². The summed E-state index contributed by atoms with van der Waals surface area (Å²) in [6.45, 7) is 5.25. The van der Waals surface area contributed by atoms with Crippen molar-refractivity contribution in [3.8, 4) is 0 Å². The fourth-order valence-electron chi connectivity index (χ4n) is 3.71. The van der Waals surface area contributed by atoms with Crippen LogP contribution in [0, 0.1) is 29.6 Å². The van der Waals surface area contributed by atoms with Gasteiger partial charge in [-0.05, 0) is 49.4 Å². The van der Waals surface area contributed by atoms with Crippen LogP contribution in [0.15, 0.2) is 0 Å². The van der Waals surface area contributed by atoms with Gasteiger partial charge in [0.15, 0.2) is 0 Å². The van der Waals surface area contributed by atoms with Crippen LogP contribution in [0.3, 0.4) is 0 Å². The Hall–Kier alpha value is -0.570. The Balaban J connectivity index is 1.78. The molecule has 1 N–H and O–H groups in total. The molecule has 0 heterocycles. The number of carbonyl (C=O) groups is 1. The van der Waals surface area contributed by atoms with Gasteiger partial charge in [0, 0.05) is 6.61 Å². The van der Waals surface area contributed by atoms with E-state index in [0.29, 0.717) is 18.4 Å². The molecule has 2 bridgehead atoms. The third-order valence-electron chi connectivity index (χ3n) is 5.00. The summed E-state index contributed by atoms with van der Waals surface area (Å²) in [5, 5.41) is 8.65. The van der Waals surface area contributed by atoms with E-state index in [0.717, 1.165) is 31.1 Å². The summed E-state index contributed by atoms with van der Waals surface area (Å²) >= 11 is 0. The third kappa shape index (κ3) is 2.49. The zero-order valence-electron chi connectivity index (χ0n) is 10.9. The highest BCUT2D eigenvalue weighted by molar-refractivity contribution is 5.73. The molecule has 0 aromatic carbocycles. The predicted octanol–water partition coefficient (Wildman–Crippen LogP) is 2.23. The number of fused-ring (bicyclic) bond motifs is 2. The van der Waals surface area contributed by atoms with Gasteiger partial charge in [0.2, 0.25) is 0 Å². The molecule has 5 atom stereocenters. The first-order valence-corrected chi connectivity index (χ1v) is 6.92. The number of esters is 1. The van der Waals surface area contributed by atoms with Gasteiger partial charge >= 0.3 is 5.97 Å². The van der Waals surface area contributed by atoms with E-state index in [2.05, 4.69) is 13.8 Å². The number of aliphatic hydroxyl groups is 1. The Kier molecular flexibility index (Phi) is 4.08. The molecule has 2 fully saturated rings. The molecular formula is C14H24O3. The molecule has 2 aliphatic rings. The lowest BCUT2D eigenvalue weighted by molar-refractivity contribution is -0.151. The molecular weight excluding hydrogens is 216 g/mol. The predicted molar refractivity (Wildman–Crippen MR) is 65.3 cm³/mol. The number of hydrogen-bond donors (Lipinski definition) is 1. The van der Waals surface area contributed by atoms with Crippen LogP contribution in [0.5, 0.6) is 0 Å². The van der Waals surface area contributed by atoms with Crippen molar-refractivity contribution in [2.75, 3.05) is 13.2 Å². The highest BCUT2D eigenvalue weighted by Gasteiger charge is 2.51. The summed E-state index contributed by atoms with van der Waals surface area (Å²) in [4.78, 5) is 12.0. The second-order valence-electron chi connectivity index (χ2n) is 5.82.